The standard InChI is InChI=1S/C21H26BrNO7/c1-3-29-21(27)14-8-10-23(11-9-14)19(25)13-30-20(26)7-5-17(24)16-12-15(22)4-6-18(16)28-2/h4,6,12,14H,3,5,7-11,13H2,1-2H3. The van der Waals surface area contributed by atoms with Crippen molar-refractivity contribution in [2.75, 3.05) is 33.4 Å². The van der Waals surface area contributed by atoms with Gasteiger partial charge in [0.25, 0.3) is 5.91 Å². The highest BCUT2D eigenvalue weighted by Crippen LogP contribution is 2.24. The molecule has 0 spiro atoms. The predicted octanol–water partition coefficient (Wildman–Crippen LogP) is 2.77. The van der Waals surface area contributed by atoms with E-state index in [4.69, 9.17) is 14.2 Å². The van der Waals surface area contributed by atoms with E-state index in [0.29, 0.717) is 43.9 Å². The van der Waals surface area contributed by atoms with Crippen molar-refractivity contribution in [2.45, 2.75) is 32.6 Å². The number of methoxy groups -OCH3 is 1. The average molecular weight is 484 g/mol. The number of rotatable bonds is 9. The van der Waals surface area contributed by atoms with Gasteiger partial charge in [0.05, 0.1) is 31.6 Å². The number of hydrogen-bond acceptors (Lipinski definition) is 7. The topological polar surface area (TPSA) is 99.2 Å². The van der Waals surface area contributed by atoms with Gasteiger partial charge < -0.3 is 19.1 Å². The lowest BCUT2D eigenvalue weighted by molar-refractivity contribution is -0.154. The Balaban J connectivity index is 1.73. The molecule has 164 valence electrons. The van der Waals surface area contributed by atoms with E-state index in [2.05, 4.69) is 15.9 Å². The molecule has 0 atom stereocenters. The Kier molecular flexibility index (Phi) is 9.29. The van der Waals surface area contributed by atoms with Crippen molar-refractivity contribution < 1.29 is 33.4 Å². The van der Waals surface area contributed by atoms with Crippen molar-refractivity contribution in [3.05, 3.63) is 28.2 Å². The van der Waals surface area contributed by atoms with Crippen molar-refractivity contribution in [2.24, 2.45) is 5.92 Å². The number of nitrogens with zero attached hydrogens (tertiary/aromatic N) is 1. The minimum atomic E-state index is -0.618. The van der Waals surface area contributed by atoms with Gasteiger partial charge in [0.15, 0.2) is 12.4 Å². The molecule has 1 fully saturated rings. The largest absolute Gasteiger partial charge is 0.496 e. The van der Waals surface area contributed by atoms with Crippen LogP contribution >= 0.6 is 15.9 Å². The Hall–Kier alpha value is -2.42. The van der Waals surface area contributed by atoms with Gasteiger partial charge in [0.1, 0.15) is 5.75 Å². The van der Waals surface area contributed by atoms with Crippen molar-refractivity contribution in [3.63, 3.8) is 0 Å². The van der Waals surface area contributed by atoms with E-state index in [9.17, 15) is 19.2 Å². The van der Waals surface area contributed by atoms with Crippen LogP contribution in [-0.4, -0.2) is 61.9 Å². The van der Waals surface area contributed by atoms with Gasteiger partial charge in [0.2, 0.25) is 0 Å². The van der Waals surface area contributed by atoms with Crippen LogP contribution in [0.4, 0.5) is 0 Å². The smallest absolute Gasteiger partial charge is 0.309 e. The summed E-state index contributed by atoms with van der Waals surface area (Å²) >= 11 is 3.30. The summed E-state index contributed by atoms with van der Waals surface area (Å²) in [6.45, 7) is 2.55. The number of benzene rings is 1. The molecule has 1 aromatic rings. The van der Waals surface area contributed by atoms with Crippen LogP contribution in [0.5, 0.6) is 5.75 Å². The van der Waals surface area contributed by atoms with Gasteiger partial charge >= 0.3 is 11.9 Å². The summed E-state index contributed by atoms with van der Waals surface area (Å²) < 4.78 is 15.9. The third-order valence-electron chi connectivity index (χ3n) is 4.84. The number of carbonyl (C=O) groups excluding carboxylic acids is 4. The first kappa shape index (κ1) is 23.9. The number of amides is 1. The van der Waals surface area contributed by atoms with Crippen molar-refractivity contribution in [1.29, 1.82) is 0 Å². The van der Waals surface area contributed by atoms with E-state index in [0.717, 1.165) is 4.47 Å². The maximum absolute atomic E-state index is 12.4. The number of piperidine rings is 1. The lowest BCUT2D eigenvalue weighted by Gasteiger charge is -2.30. The number of hydrogen-bond donors (Lipinski definition) is 0. The molecule has 8 nitrogen and oxygen atoms in total. The molecule has 1 aliphatic heterocycles. The van der Waals surface area contributed by atoms with E-state index < -0.39 is 5.97 Å². The van der Waals surface area contributed by atoms with Crippen LogP contribution in [0.1, 0.15) is 43.0 Å². The fourth-order valence-electron chi connectivity index (χ4n) is 3.18. The van der Waals surface area contributed by atoms with Crippen LogP contribution in [0.25, 0.3) is 0 Å². The SMILES string of the molecule is CCOC(=O)C1CCN(C(=O)COC(=O)CCC(=O)c2cc(Br)ccc2OC)CC1. The lowest BCUT2D eigenvalue weighted by Crippen LogP contribution is -2.42. The number of carbonyl (C=O) groups is 4. The predicted molar refractivity (Wildman–Crippen MR) is 111 cm³/mol. The maximum Gasteiger partial charge on any atom is 0.309 e. The van der Waals surface area contributed by atoms with Gasteiger partial charge in [-0.15, -0.1) is 0 Å². The molecule has 1 heterocycles. The average Bonchev–Trinajstić information content (AvgIpc) is 2.76. The summed E-state index contributed by atoms with van der Waals surface area (Å²) in [7, 11) is 1.47. The molecule has 0 unspecified atom stereocenters. The first-order chi connectivity index (χ1) is 14.3. The van der Waals surface area contributed by atoms with E-state index in [1.165, 1.54) is 7.11 Å². The number of Topliss-reactive ketones (excluding diaryl/α,β-unsaturated/α-hetero) is 1. The fourth-order valence-corrected chi connectivity index (χ4v) is 3.54. The Morgan fingerprint density at radius 3 is 2.43 bits per heavy atom. The number of ether oxygens (including phenoxy) is 3. The molecule has 1 aliphatic rings. The summed E-state index contributed by atoms with van der Waals surface area (Å²) in [6, 6.07) is 5.06. The quantitative estimate of drug-likeness (QED) is 0.393. The molecular weight excluding hydrogens is 458 g/mol. The normalized spacial score (nSPS) is 14.2. The zero-order chi connectivity index (χ0) is 22.1. The van der Waals surface area contributed by atoms with Crippen molar-refractivity contribution in [3.8, 4) is 5.75 Å². The summed E-state index contributed by atoms with van der Waals surface area (Å²) in [6.07, 6.45) is 0.875. The van der Waals surface area contributed by atoms with Gasteiger partial charge in [-0.25, -0.2) is 0 Å². The van der Waals surface area contributed by atoms with Crippen LogP contribution in [-0.2, 0) is 23.9 Å². The van der Waals surface area contributed by atoms with E-state index in [1.54, 1.807) is 30.0 Å². The van der Waals surface area contributed by atoms with Crippen LogP contribution in [0, 0.1) is 5.92 Å². The number of ketones is 1. The first-order valence-electron chi connectivity index (χ1n) is 9.82. The third-order valence-corrected chi connectivity index (χ3v) is 5.34. The first-order valence-corrected chi connectivity index (χ1v) is 10.6. The van der Waals surface area contributed by atoms with Gasteiger partial charge in [-0.05, 0) is 38.0 Å². The highest BCUT2D eigenvalue weighted by atomic mass is 79.9. The van der Waals surface area contributed by atoms with Crippen LogP contribution in [0.2, 0.25) is 0 Å². The van der Waals surface area contributed by atoms with Crippen LogP contribution in [0.15, 0.2) is 22.7 Å². The fraction of sp³-hybridized carbons (Fsp3) is 0.524. The molecule has 9 heteroatoms. The molecule has 1 amide bonds. The number of likely N-dealkylation sites (tertiary alicyclic amines) is 1. The lowest BCUT2D eigenvalue weighted by atomic mass is 9.97. The summed E-state index contributed by atoms with van der Waals surface area (Å²) in [5.41, 5.74) is 0.375. The summed E-state index contributed by atoms with van der Waals surface area (Å²) in [5.74, 6) is -1.19. The summed E-state index contributed by atoms with van der Waals surface area (Å²) in [4.78, 5) is 49.9. The molecule has 2 rings (SSSR count). The zero-order valence-electron chi connectivity index (χ0n) is 17.1. The Bertz CT molecular complexity index is 788. The van der Waals surface area contributed by atoms with E-state index in [-0.39, 0.29) is 43.0 Å². The third kappa shape index (κ3) is 6.83. The van der Waals surface area contributed by atoms with Gasteiger partial charge in [0, 0.05) is 24.0 Å². The van der Waals surface area contributed by atoms with Crippen LogP contribution in [0.3, 0.4) is 0 Å². The van der Waals surface area contributed by atoms with Crippen LogP contribution < -0.4 is 4.74 Å². The van der Waals surface area contributed by atoms with Gasteiger partial charge in [-0.1, -0.05) is 15.9 Å². The Morgan fingerprint density at radius 1 is 1.10 bits per heavy atom. The number of halogens is 1. The summed E-state index contributed by atoms with van der Waals surface area (Å²) in [5, 5.41) is 0. The second-order valence-electron chi connectivity index (χ2n) is 6.84. The van der Waals surface area contributed by atoms with Crippen molar-refractivity contribution >= 4 is 39.6 Å². The molecule has 0 radical (unpaired) electrons. The monoisotopic (exact) mass is 483 g/mol. The number of esters is 2. The second-order valence-corrected chi connectivity index (χ2v) is 7.75. The van der Waals surface area contributed by atoms with Gasteiger partial charge in [-0.3, -0.25) is 19.2 Å². The molecular formula is C21H26BrNO7. The molecule has 1 saturated heterocycles. The minimum Gasteiger partial charge on any atom is -0.496 e. The van der Waals surface area contributed by atoms with Crippen molar-refractivity contribution in [1.82, 2.24) is 4.90 Å². The minimum absolute atomic E-state index is 0.0508. The highest BCUT2D eigenvalue weighted by molar-refractivity contribution is 9.10. The molecule has 0 bridgehead atoms. The molecule has 0 saturated carbocycles. The molecule has 0 N–H and O–H groups in total. The Labute approximate surface area is 184 Å². The molecule has 30 heavy (non-hydrogen) atoms. The molecule has 1 aromatic carbocycles. The second kappa shape index (κ2) is 11.7. The van der Waals surface area contributed by atoms with Gasteiger partial charge in [-0.2, -0.15) is 0 Å². The highest BCUT2D eigenvalue weighted by Gasteiger charge is 2.28. The van der Waals surface area contributed by atoms with E-state index >= 15 is 0 Å². The molecule has 0 aromatic heterocycles. The maximum atomic E-state index is 12.4. The zero-order valence-corrected chi connectivity index (χ0v) is 18.7. The van der Waals surface area contributed by atoms with E-state index in [1.807, 2.05) is 0 Å². The Morgan fingerprint density at radius 2 is 1.80 bits per heavy atom. The molecule has 0 aliphatic carbocycles.